The second kappa shape index (κ2) is 11.4. The Morgan fingerprint density at radius 3 is 2.18 bits per heavy atom. The zero-order valence-electron chi connectivity index (χ0n) is 19.2. The molecule has 1 aliphatic rings. The van der Waals surface area contributed by atoms with E-state index >= 15 is 0 Å². The highest BCUT2D eigenvalue weighted by Crippen LogP contribution is 2.29. The Hall–Kier alpha value is -3.76. The molecule has 0 atom stereocenters. The molecule has 3 rings (SSSR count). The maximum atomic E-state index is 12.9. The largest absolute Gasteiger partial charge is 0.497 e. The lowest BCUT2D eigenvalue weighted by Gasteiger charge is -2.35. The summed E-state index contributed by atoms with van der Waals surface area (Å²) in [6.45, 7) is -1.33. The number of carbonyl (C=O) groups is 2. The van der Waals surface area contributed by atoms with Crippen molar-refractivity contribution in [2.75, 3.05) is 47.5 Å². The summed E-state index contributed by atoms with van der Waals surface area (Å²) >= 11 is 0. The number of alkyl halides is 2. The molecule has 2 aromatic carbocycles. The van der Waals surface area contributed by atoms with Gasteiger partial charge < -0.3 is 34.1 Å². The summed E-state index contributed by atoms with van der Waals surface area (Å²) in [5, 5.41) is 2.79. The smallest absolute Gasteiger partial charge is 0.387 e. The van der Waals surface area contributed by atoms with Crippen LogP contribution in [-0.2, 0) is 6.54 Å². The number of ether oxygens (including phenoxy) is 4. The van der Waals surface area contributed by atoms with E-state index in [-0.39, 0.29) is 30.0 Å². The topological polar surface area (TPSA) is 89.6 Å². The number of rotatable bonds is 8. The SMILES string of the molecule is COc1ccc(C(=O)N2CCN(C(=O)NCc3ccc(OC(F)F)c(OC)c3)CC2)c(OC)c1. The van der Waals surface area contributed by atoms with Gasteiger partial charge in [-0.3, -0.25) is 4.79 Å². The molecule has 1 aliphatic heterocycles. The zero-order chi connectivity index (χ0) is 24.7. The molecule has 0 radical (unpaired) electrons. The molecule has 0 bridgehead atoms. The van der Waals surface area contributed by atoms with Crippen molar-refractivity contribution in [1.82, 2.24) is 15.1 Å². The van der Waals surface area contributed by atoms with Gasteiger partial charge in [0.25, 0.3) is 5.91 Å². The van der Waals surface area contributed by atoms with Crippen molar-refractivity contribution in [3.63, 3.8) is 0 Å². The molecule has 0 spiro atoms. The summed E-state index contributed by atoms with van der Waals surface area (Å²) < 4.78 is 44.9. The predicted octanol–water partition coefficient (Wildman–Crippen LogP) is 2.98. The van der Waals surface area contributed by atoms with Crippen molar-refractivity contribution in [2.24, 2.45) is 0 Å². The van der Waals surface area contributed by atoms with Crippen LogP contribution >= 0.6 is 0 Å². The fraction of sp³-hybridized carbons (Fsp3) is 0.391. The molecule has 1 N–H and O–H groups in total. The fourth-order valence-electron chi connectivity index (χ4n) is 3.56. The van der Waals surface area contributed by atoms with Crippen molar-refractivity contribution in [3.05, 3.63) is 47.5 Å². The molecule has 0 aliphatic carbocycles. The van der Waals surface area contributed by atoms with Crippen LogP contribution in [0.25, 0.3) is 0 Å². The third-order valence-electron chi connectivity index (χ3n) is 5.38. The van der Waals surface area contributed by atoms with Crippen LogP contribution in [-0.4, -0.2) is 75.9 Å². The summed E-state index contributed by atoms with van der Waals surface area (Å²) in [4.78, 5) is 28.8. The second-order valence-corrected chi connectivity index (χ2v) is 7.37. The number of benzene rings is 2. The van der Waals surface area contributed by atoms with E-state index in [1.165, 1.54) is 33.5 Å². The lowest BCUT2D eigenvalue weighted by molar-refractivity contribution is -0.0512. The molecule has 9 nitrogen and oxygen atoms in total. The summed E-state index contributed by atoms with van der Waals surface area (Å²) in [7, 11) is 4.37. The van der Waals surface area contributed by atoms with Crippen molar-refractivity contribution in [1.29, 1.82) is 0 Å². The van der Waals surface area contributed by atoms with Gasteiger partial charge in [0.15, 0.2) is 11.5 Å². The van der Waals surface area contributed by atoms with Crippen LogP contribution in [0, 0.1) is 0 Å². The molecule has 2 aromatic rings. The number of hydrogen-bond acceptors (Lipinski definition) is 6. The Balaban J connectivity index is 1.53. The third kappa shape index (κ3) is 5.97. The highest BCUT2D eigenvalue weighted by Gasteiger charge is 2.26. The van der Waals surface area contributed by atoms with E-state index in [4.69, 9.17) is 14.2 Å². The maximum Gasteiger partial charge on any atom is 0.387 e. The Kier molecular flexibility index (Phi) is 8.34. The van der Waals surface area contributed by atoms with Gasteiger partial charge in [0, 0.05) is 38.8 Å². The number of carbonyl (C=O) groups excluding carboxylic acids is 2. The highest BCUT2D eigenvalue weighted by atomic mass is 19.3. The van der Waals surface area contributed by atoms with Crippen LogP contribution < -0.4 is 24.3 Å². The number of halogens is 2. The molecule has 1 heterocycles. The van der Waals surface area contributed by atoms with Gasteiger partial charge in [0.05, 0.1) is 26.9 Å². The third-order valence-corrected chi connectivity index (χ3v) is 5.38. The number of nitrogens with one attached hydrogen (secondary N) is 1. The van der Waals surface area contributed by atoms with Gasteiger partial charge in [-0.1, -0.05) is 6.07 Å². The minimum absolute atomic E-state index is 0.0816. The fourth-order valence-corrected chi connectivity index (χ4v) is 3.56. The Labute approximate surface area is 196 Å². The van der Waals surface area contributed by atoms with Crippen LogP contribution in [0.15, 0.2) is 36.4 Å². The van der Waals surface area contributed by atoms with Crippen molar-refractivity contribution >= 4 is 11.9 Å². The standard InChI is InChI=1S/C23H27F2N3O6/c1-31-16-5-6-17(19(13-16)32-2)21(29)27-8-10-28(11-9-27)23(30)26-14-15-4-7-18(34-22(24)25)20(12-15)33-3/h4-7,12-13,22H,8-11,14H2,1-3H3,(H,26,30). The minimum atomic E-state index is -2.96. The number of amides is 3. The molecule has 34 heavy (non-hydrogen) atoms. The molecular weight excluding hydrogens is 452 g/mol. The first-order valence-electron chi connectivity index (χ1n) is 10.5. The Morgan fingerprint density at radius 2 is 1.56 bits per heavy atom. The average Bonchev–Trinajstić information content (AvgIpc) is 2.86. The summed E-state index contributed by atoms with van der Waals surface area (Å²) in [6.07, 6.45) is 0. The van der Waals surface area contributed by atoms with Crippen LogP contribution in [0.3, 0.4) is 0 Å². The van der Waals surface area contributed by atoms with Gasteiger partial charge in [0.2, 0.25) is 0 Å². The highest BCUT2D eigenvalue weighted by molar-refractivity contribution is 5.97. The first-order valence-corrected chi connectivity index (χ1v) is 10.5. The lowest BCUT2D eigenvalue weighted by Crippen LogP contribution is -2.53. The van der Waals surface area contributed by atoms with Crippen LogP contribution in [0.5, 0.6) is 23.0 Å². The van der Waals surface area contributed by atoms with Gasteiger partial charge >= 0.3 is 12.6 Å². The molecule has 184 valence electrons. The van der Waals surface area contributed by atoms with Crippen molar-refractivity contribution < 1.29 is 37.3 Å². The zero-order valence-corrected chi connectivity index (χ0v) is 19.2. The molecule has 0 saturated carbocycles. The van der Waals surface area contributed by atoms with Crippen molar-refractivity contribution in [3.8, 4) is 23.0 Å². The van der Waals surface area contributed by atoms with Crippen molar-refractivity contribution in [2.45, 2.75) is 13.2 Å². The Morgan fingerprint density at radius 1 is 0.882 bits per heavy atom. The van der Waals surface area contributed by atoms with Gasteiger partial charge in [0.1, 0.15) is 11.5 Å². The lowest BCUT2D eigenvalue weighted by atomic mass is 10.1. The van der Waals surface area contributed by atoms with Gasteiger partial charge in [-0.25, -0.2) is 4.79 Å². The molecule has 11 heteroatoms. The quantitative estimate of drug-likeness (QED) is 0.626. The minimum Gasteiger partial charge on any atom is -0.497 e. The van der Waals surface area contributed by atoms with E-state index in [9.17, 15) is 18.4 Å². The monoisotopic (exact) mass is 479 g/mol. The number of nitrogens with zero attached hydrogens (tertiary/aromatic N) is 2. The van der Waals surface area contributed by atoms with Gasteiger partial charge in [-0.15, -0.1) is 0 Å². The van der Waals surface area contributed by atoms with E-state index in [1.807, 2.05) is 0 Å². The second-order valence-electron chi connectivity index (χ2n) is 7.37. The average molecular weight is 479 g/mol. The van der Waals surface area contributed by atoms with Crippen LogP contribution in [0.2, 0.25) is 0 Å². The molecule has 3 amide bonds. The molecule has 0 aromatic heterocycles. The van der Waals surface area contributed by atoms with E-state index in [2.05, 4.69) is 10.1 Å². The van der Waals surface area contributed by atoms with E-state index < -0.39 is 6.61 Å². The predicted molar refractivity (Wildman–Crippen MR) is 119 cm³/mol. The van der Waals surface area contributed by atoms with Crippen LogP contribution in [0.4, 0.5) is 13.6 Å². The summed E-state index contributed by atoms with van der Waals surface area (Å²) in [5.41, 5.74) is 1.08. The molecular formula is C23H27F2N3O6. The summed E-state index contributed by atoms with van der Waals surface area (Å²) in [5.74, 6) is 0.890. The number of piperazine rings is 1. The van der Waals surface area contributed by atoms with E-state index in [0.29, 0.717) is 48.8 Å². The summed E-state index contributed by atoms with van der Waals surface area (Å²) in [6, 6.07) is 9.17. The number of hydrogen-bond donors (Lipinski definition) is 1. The maximum absolute atomic E-state index is 12.9. The number of urea groups is 1. The van der Waals surface area contributed by atoms with Crippen LogP contribution in [0.1, 0.15) is 15.9 Å². The van der Waals surface area contributed by atoms with E-state index in [1.54, 1.807) is 34.1 Å². The first kappa shape index (κ1) is 24.9. The van der Waals surface area contributed by atoms with Gasteiger partial charge in [-0.05, 0) is 29.8 Å². The van der Waals surface area contributed by atoms with Gasteiger partial charge in [-0.2, -0.15) is 8.78 Å². The normalized spacial score (nSPS) is 13.5. The first-order chi connectivity index (χ1) is 16.4. The molecule has 1 saturated heterocycles. The molecule has 1 fully saturated rings. The number of methoxy groups -OCH3 is 3. The molecule has 0 unspecified atom stereocenters. The van der Waals surface area contributed by atoms with E-state index in [0.717, 1.165) is 0 Å². The Bertz CT molecular complexity index is 1010.